The first kappa shape index (κ1) is 15.4. The summed E-state index contributed by atoms with van der Waals surface area (Å²) in [6, 6.07) is 1.83. The van der Waals surface area contributed by atoms with Gasteiger partial charge in [-0.2, -0.15) is 0 Å². The fourth-order valence-electron chi connectivity index (χ4n) is 3.04. The van der Waals surface area contributed by atoms with Crippen molar-refractivity contribution in [1.29, 1.82) is 0 Å². The van der Waals surface area contributed by atoms with E-state index in [1.807, 2.05) is 6.07 Å². The lowest BCUT2D eigenvalue weighted by Gasteiger charge is -2.32. The van der Waals surface area contributed by atoms with Crippen molar-refractivity contribution >= 4 is 17.6 Å². The summed E-state index contributed by atoms with van der Waals surface area (Å²) in [5, 5.41) is 3.23. The van der Waals surface area contributed by atoms with E-state index in [4.69, 9.17) is 0 Å². The molecule has 1 fully saturated rings. The molecule has 0 radical (unpaired) electrons. The summed E-state index contributed by atoms with van der Waals surface area (Å²) in [6.07, 6.45) is 13.9. The van der Waals surface area contributed by atoms with Crippen LogP contribution >= 0.6 is 0 Å². The molecule has 4 heterocycles. The molecule has 126 valence electrons. The third-order valence-electron chi connectivity index (χ3n) is 4.25. The Bertz CT molecular complexity index is 803. The molecule has 8 heteroatoms. The van der Waals surface area contributed by atoms with E-state index >= 15 is 0 Å². The number of rotatable bonds is 4. The minimum absolute atomic E-state index is 0.341. The lowest BCUT2D eigenvalue weighted by Crippen LogP contribution is -2.34. The van der Waals surface area contributed by atoms with Gasteiger partial charge in [0.1, 0.15) is 5.82 Å². The number of piperidine rings is 1. The summed E-state index contributed by atoms with van der Waals surface area (Å²) in [5.74, 6) is 2.54. The first-order chi connectivity index (χ1) is 12.4. The van der Waals surface area contributed by atoms with Crippen LogP contribution in [0, 0.1) is 0 Å². The quantitative estimate of drug-likeness (QED) is 0.776. The third kappa shape index (κ3) is 3.52. The van der Waals surface area contributed by atoms with Crippen LogP contribution in [-0.4, -0.2) is 43.0 Å². The van der Waals surface area contributed by atoms with Crippen molar-refractivity contribution in [2.75, 3.05) is 23.3 Å². The Hall–Kier alpha value is -3.16. The molecule has 0 atom stereocenters. The minimum atomic E-state index is 0.341. The lowest BCUT2D eigenvalue weighted by molar-refractivity contribution is 0.490. The minimum Gasteiger partial charge on any atom is -0.341 e. The first-order valence-electron chi connectivity index (χ1n) is 8.26. The van der Waals surface area contributed by atoms with Gasteiger partial charge in [0.2, 0.25) is 5.95 Å². The van der Waals surface area contributed by atoms with E-state index in [2.05, 4.69) is 40.1 Å². The van der Waals surface area contributed by atoms with Gasteiger partial charge in [0.25, 0.3) is 0 Å². The SMILES string of the molecule is c1cnc(N2CCC(c3nccnc3Nc3cnccn3)CC2)nc1. The average molecular weight is 334 g/mol. The lowest BCUT2D eigenvalue weighted by atomic mass is 9.93. The third-order valence-corrected chi connectivity index (χ3v) is 4.25. The van der Waals surface area contributed by atoms with E-state index in [1.165, 1.54) is 0 Å². The summed E-state index contributed by atoms with van der Waals surface area (Å²) >= 11 is 0. The molecular weight excluding hydrogens is 316 g/mol. The van der Waals surface area contributed by atoms with E-state index in [9.17, 15) is 0 Å². The molecule has 0 spiro atoms. The molecule has 0 aliphatic carbocycles. The number of anilines is 3. The molecule has 3 aromatic heterocycles. The largest absolute Gasteiger partial charge is 0.341 e. The summed E-state index contributed by atoms with van der Waals surface area (Å²) in [4.78, 5) is 28.2. The van der Waals surface area contributed by atoms with Gasteiger partial charge in [-0.1, -0.05) is 0 Å². The highest BCUT2D eigenvalue weighted by Crippen LogP contribution is 2.32. The number of hydrogen-bond acceptors (Lipinski definition) is 8. The van der Waals surface area contributed by atoms with Crippen molar-refractivity contribution in [3.63, 3.8) is 0 Å². The number of aromatic nitrogens is 6. The molecule has 1 aliphatic heterocycles. The second-order valence-corrected chi connectivity index (χ2v) is 5.82. The number of nitrogens with one attached hydrogen (secondary N) is 1. The Morgan fingerprint density at radius 3 is 2.36 bits per heavy atom. The molecular formula is C17H18N8. The highest BCUT2D eigenvalue weighted by Gasteiger charge is 2.25. The Labute approximate surface area is 145 Å². The highest BCUT2D eigenvalue weighted by molar-refractivity contribution is 5.53. The van der Waals surface area contributed by atoms with Gasteiger partial charge in [0.15, 0.2) is 5.82 Å². The van der Waals surface area contributed by atoms with Crippen LogP contribution in [0.5, 0.6) is 0 Å². The van der Waals surface area contributed by atoms with Gasteiger partial charge in [-0.25, -0.2) is 19.9 Å². The zero-order valence-electron chi connectivity index (χ0n) is 13.7. The fourth-order valence-corrected chi connectivity index (χ4v) is 3.04. The average Bonchev–Trinajstić information content (AvgIpc) is 2.70. The summed E-state index contributed by atoms with van der Waals surface area (Å²) in [7, 11) is 0. The predicted molar refractivity (Wildman–Crippen MR) is 93.6 cm³/mol. The molecule has 1 aliphatic rings. The molecule has 8 nitrogen and oxygen atoms in total. The predicted octanol–water partition coefficient (Wildman–Crippen LogP) is 2.18. The zero-order valence-corrected chi connectivity index (χ0v) is 13.7. The van der Waals surface area contributed by atoms with Crippen molar-refractivity contribution < 1.29 is 0 Å². The van der Waals surface area contributed by atoms with Crippen LogP contribution in [0.25, 0.3) is 0 Å². The van der Waals surface area contributed by atoms with Crippen LogP contribution in [-0.2, 0) is 0 Å². The van der Waals surface area contributed by atoms with Crippen molar-refractivity contribution in [1.82, 2.24) is 29.9 Å². The molecule has 1 saturated heterocycles. The normalized spacial score (nSPS) is 15.1. The molecule has 0 amide bonds. The Morgan fingerprint density at radius 1 is 0.840 bits per heavy atom. The maximum absolute atomic E-state index is 4.57. The topological polar surface area (TPSA) is 92.6 Å². The molecule has 25 heavy (non-hydrogen) atoms. The van der Waals surface area contributed by atoms with Gasteiger partial charge in [0, 0.05) is 56.2 Å². The van der Waals surface area contributed by atoms with E-state index in [0.717, 1.165) is 43.4 Å². The van der Waals surface area contributed by atoms with Crippen LogP contribution < -0.4 is 10.2 Å². The van der Waals surface area contributed by atoms with Gasteiger partial charge in [-0.15, -0.1) is 0 Å². The maximum atomic E-state index is 4.57. The number of nitrogens with zero attached hydrogens (tertiary/aromatic N) is 7. The highest BCUT2D eigenvalue weighted by atomic mass is 15.2. The second kappa shape index (κ2) is 7.16. The molecule has 0 aromatic carbocycles. The van der Waals surface area contributed by atoms with E-state index in [-0.39, 0.29) is 0 Å². The van der Waals surface area contributed by atoms with Gasteiger partial charge >= 0.3 is 0 Å². The molecule has 1 N–H and O–H groups in total. The van der Waals surface area contributed by atoms with Crippen LogP contribution in [0.15, 0.2) is 49.4 Å². The Morgan fingerprint density at radius 2 is 1.60 bits per heavy atom. The summed E-state index contributed by atoms with van der Waals surface area (Å²) in [6.45, 7) is 1.80. The van der Waals surface area contributed by atoms with Crippen molar-refractivity contribution in [3.8, 4) is 0 Å². The van der Waals surface area contributed by atoms with Crippen molar-refractivity contribution in [2.45, 2.75) is 18.8 Å². The molecule has 0 saturated carbocycles. The Kier molecular flexibility index (Phi) is 4.40. The smallest absolute Gasteiger partial charge is 0.225 e. The first-order valence-corrected chi connectivity index (χ1v) is 8.26. The second-order valence-electron chi connectivity index (χ2n) is 5.82. The van der Waals surface area contributed by atoms with E-state index in [0.29, 0.717) is 11.7 Å². The van der Waals surface area contributed by atoms with E-state index < -0.39 is 0 Å². The van der Waals surface area contributed by atoms with Crippen LogP contribution in [0.2, 0.25) is 0 Å². The van der Waals surface area contributed by atoms with Gasteiger partial charge in [0.05, 0.1) is 11.9 Å². The van der Waals surface area contributed by atoms with Crippen LogP contribution in [0.4, 0.5) is 17.6 Å². The summed E-state index contributed by atoms with van der Waals surface area (Å²) in [5.41, 5.74) is 0.974. The molecule has 4 rings (SSSR count). The van der Waals surface area contributed by atoms with E-state index in [1.54, 1.807) is 43.4 Å². The zero-order chi connectivity index (χ0) is 16.9. The maximum Gasteiger partial charge on any atom is 0.225 e. The van der Waals surface area contributed by atoms with Gasteiger partial charge in [-0.05, 0) is 18.9 Å². The molecule has 0 unspecified atom stereocenters. The van der Waals surface area contributed by atoms with Crippen LogP contribution in [0.1, 0.15) is 24.5 Å². The van der Waals surface area contributed by atoms with Crippen LogP contribution in [0.3, 0.4) is 0 Å². The van der Waals surface area contributed by atoms with Gasteiger partial charge < -0.3 is 10.2 Å². The standard InChI is InChI=1S/C17H18N8/c1-4-22-17(23-5-1)25-10-2-13(3-11-25)15-16(21-9-8-20-15)24-14-12-18-6-7-19-14/h1,4-9,12-13H,2-3,10-11H2,(H,19,21,24). The molecule has 0 bridgehead atoms. The van der Waals surface area contributed by atoms with Crippen molar-refractivity contribution in [3.05, 3.63) is 55.1 Å². The molecule has 3 aromatic rings. The number of hydrogen-bond donors (Lipinski definition) is 1. The van der Waals surface area contributed by atoms with Gasteiger partial charge in [-0.3, -0.25) is 9.97 Å². The summed E-state index contributed by atoms with van der Waals surface area (Å²) < 4.78 is 0. The fraction of sp³-hybridized carbons (Fsp3) is 0.294. The monoisotopic (exact) mass is 334 g/mol. The van der Waals surface area contributed by atoms with Crippen molar-refractivity contribution in [2.24, 2.45) is 0 Å². The Balaban J connectivity index is 1.48.